The fourth-order valence-electron chi connectivity index (χ4n) is 3.48. The number of ether oxygens (including phenoxy) is 2. The van der Waals surface area contributed by atoms with Crippen molar-refractivity contribution in [2.75, 3.05) is 19.7 Å². The number of para-hydroxylation sites is 1. The zero-order valence-corrected chi connectivity index (χ0v) is 18.6. The molecule has 0 fully saturated rings. The molecular weight excluding hydrogens is 394 g/mol. The largest absolute Gasteiger partial charge is 0.489 e. The van der Waals surface area contributed by atoms with Crippen molar-refractivity contribution in [2.24, 2.45) is 0 Å². The van der Waals surface area contributed by atoms with Crippen molar-refractivity contribution in [3.8, 4) is 5.75 Å². The van der Waals surface area contributed by atoms with Gasteiger partial charge in [0.15, 0.2) is 0 Å². The standard InChI is InChI=1S/C25H33NO5/c1-4-26(5-2)22(17-24(27)28)25(29)31-19(3)18-30-23-14-10-9-13-21(23)16-15-20-11-7-6-8-12-20/h6-14,19,22H,4-5,15-18H2,1-3H3,(H,27,28). The first-order chi connectivity index (χ1) is 14.9. The van der Waals surface area contributed by atoms with E-state index in [9.17, 15) is 9.59 Å². The number of carbonyl (C=O) groups is 2. The van der Waals surface area contributed by atoms with Crippen LogP contribution in [0.4, 0.5) is 0 Å². The molecule has 168 valence electrons. The third-order valence-corrected chi connectivity index (χ3v) is 5.18. The first kappa shape index (κ1) is 24.4. The molecule has 0 spiro atoms. The van der Waals surface area contributed by atoms with E-state index in [1.807, 2.05) is 56.3 Å². The van der Waals surface area contributed by atoms with Crippen molar-refractivity contribution in [1.29, 1.82) is 0 Å². The molecule has 2 atom stereocenters. The summed E-state index contributed by atoms with van der Waals surface area (Å²) in [5.41, 5.74) is 2.36. The Morgan fingerprint density at radius 1 is 0.968 bits per heavy atom. The number of hydrogen-bond acceptors (Lipinski definition) is 5. The van der Waals surface area contributed by atoms with Gasteiger partial charge in [0.25, 0.3) is 0 Å². The van der Waals surface area contributed by atoms with E-state index in [1.165, 1.54) is 5.56 Å². The van der Waals surface area contributed by atoms with Gasteiger partial charge in [0, 0.05) is 0 Å². The molecule has 6 nitrogen and oxygen atoms in total. The summed E-state index contributed by atoms with van der Waals surface area (Å²) in [4.78, 5) is 25.6. The molecule has 0 amide bonds. The average molecular weight is 428 g/mol. The minimum atomic E-state index is -1.02. The van der Waals surface area contributed by atoms with Gasteiger partial charge >= 0.3 is 11.9 Å². The van der Waals surface area contributed by atoms with Gasteiger partial charge in [0.2, 0.25) is 0 Å². The summed E-state index contributed by atoms with van der Waals surface area (Å²) in [6, 6.07) is 17.3. The molecule has 2 aromatic rings. The summed E-state index contributed by atoms with van der Waals surface area (Å²) in [7, 11) is 0. The van der Waals surface area contributed by atoms with Crippen molar-refractivity contribution in [1.82, 2.24) is 4.90 Å². The Morgan fingerprint density at radius 2 is 1.61 bits per heavy atom. The number of aryl methyl sites for hydroxylation is 2. The normalized spacial score (nSPS) is 12.9. The number of likely N-dealkylation sites (N-methyl/N-ethyl adjacent to an activating group) is 1. The molecule has 2 aromatic carbocycles. The second-order valence-corrected chi connectivity index (χ2v) is 7.49. The second kappa shape index (κ2) is 12.7. The minimum Gasteiger partial charge on any atom is -0.489 e. The molecule has 31 heavy (non-hydrogen) atoms. The molecule has 0 saturated carbocycles. The maximum atomic E-state index is 12.6. The predicted octanol–water partition coefficient (Wildman–Crippen LogP) is 3.97. The van der Waals surface area contributed by atoms with Crippen LogP contribution in [0.3, 0.4) is 0 Å². The van der Waals surface area contributed by atoms with Gasteiger partial charge in [0.05, 0.1) is 6.42 Å². The van der Waals surface area contributed by atoms with E-state index < -0.39 is 24.1 Å². The van der Waals surface area contributed by atoms with Gasteiger partial charge in [-0.15, -0.1) is 0 Å². The van der Waals surface area contributed by atoms with E-state index in [2.05, 4.69) is 12.1 Å². The molecule has 0 bridgehead atoms. The summed E-state index contributed by atoms with van der Waals surface area (Å²) in [6.45, 7) is 6.89. The van der Waals surface area contributed by atoms with E-state index in [0.29, 0.717) is 13.1 Å². The summed E-state index contributed by atoms with van der Waals surface area (Å²) in [5, 5.41) is 9.16. The lowest BCUT2D eigenvalue weighted by Crippen LogP contribution is -2.44. The molecule has 0 aromatic heterocycles. The molecule has 0 aliphatic heterocycles. The Hall–Kier alpha value is -2.86. The fourth-order valence-corrected chi connectivity index (χ4v) is 3.48. The van der Waals surface area contributed by atoms with Crippen molar-refractivity contribution in [3.05, 3.63) is 65.7 Å². The van der Waals surface area contributed by atoms with E-state index in [-0.39, 0.29) is 13.0 Å². The number of aliphatic carboxylic acids is 1. The molecule has 1 N–H and O–H groups in total. The maximum absolute atomic E-state index is 12.6. The van der Waals surface area contributed by atoms with Crippen LogP contribution in [0.15, 0.2) is 54.6 Å². The van der Waals surface area contributed by atoms with Gasteiger partial charge in [-0.05, 0) is 50.0 Å². The van der Waals surface area contributed by atoms with Crippen LogP contribution < -0.4 is 4.74 Å². The number of benzene rings is 2. The van der Waals surface area contributed by atoms with Crippen molar-refractivity contribution >= 4 is 11.9 Å². The quantitative estimate of drug-likeness (QED) is 0.488. The Kier molecular flexibility index (Phi) is 10.0. The lowest BCUT2D eigenvalue weighted by Gasteiger charge is -2.28. The Balaban J connectivity index is 1.93. The van der Waals surface area contributed by atoms with Gasteiger partial charge < -0.3 is 14.6 Å². The van der Waals surface area contributed by atoms with Crippen LogP contribution in [0.5, 0.6) is 5.75 Å². The van der Waals surface area contributed by atoms with Crippen LogP contribution in [0.1, 0.15) is 38.3 Å². The van der Waals surface area contributed by atoms with Crippen LogP contribution in [0.25, 0.3) is 0 Å². The highest BCUT2D eigenvalue weighted by Crippen LogP contribution is 2.21. The summed E-state index contributed by atoms with van der Waals surface area (Å²) >= 11 is 0. The third kappa shape index (κ3) is 8.06. The molecule has 0 saturated heterocycles. The first-order valence-electron chi connectivity index (χ1n) is 10.9. The second-order valence-electron chi connectivity index (χ2n) is 7.49. The number of hydrogen-bond donors (Lipinski definition) is 1. The highest BCUT2D eigenvalue weighted by molar-refractivity contribution is 5.82. The van der Waals surface area contributed by atoms with Gasteiger partial charge in [-0.1, -0.05) is 62.4 Å². The number of nitrogens with zero attached hydrogens (tertiary/aromatic N) is 1. The average Bonchev–Trinajstić information content (AvgIpc) is 2.77. The lowest BCUT2D eigenvalue weighted by atomic mass is 10.0. The van der Waals surface area contributed by atoms with Crippen LogP contribution >= 0.6 is 0 Å². The zero-order chi connectivity index (χ0) is 22.6. The van der Waals surface area contributed by atoms with Crippen molar-refractivity contribution in [3.63, 3.8) is 0 Å². The third-order valence-electron chi connectivity index (χ3n) is 5.18. The first-order valence-corrected chi connectivity index (χ1v) is 10.9. The molecule has 2 rings (SSSR count). The van der Waals surface area contributed by atoms with E-state index in [4.69, 9.17) is 14.6 Å². The summed E-state index contributed by atoms with van der Waals surface area (Å²) in [6.07, 6.45) is 0.974. The Morgan fingerprint density at radius 3 is 2.26 bits per heavy atom. The lowest BCUT2D eigenvalue weighted by molar-refractivity contribution is -0.159. The Bertz CT molecular complexity index is 820. The highest BCUT2D eigenvalue weighted by atomic mass is 16.6. The molecule has 2 unspecified atom stereocenters. The monoisotopic (exact) mass is 427 g/mol. The number of carbonyl (C=O) groups excluding carboxylic acids is 1. The van der Waals surface area contributed by atoms with Gasteiger partial charge in [-0.2, -0.15) is 0 Å². The molecule has 0 aliphatic rings. The number of rotatable bonds is 13. The topological polar surface area (TPSA) is 76.1 Å². The Labute approximate surface area is 184 Å². The predicted molar refractivity (Wildman–Crippen MR) is 120 cm³/mol. The van der Waals surface area contributed by atoms with Crippen LogP contribution in [-0.2, 0) is 27.2 Å². The highest BCUT2D eigenvalue weighted by Gasteiger charge is 2.29. The van der Waals surface area contributed by atoms with Crippen LogP contribution in [0.2, 0.25) is 0 Å². The minimum absolute atomic E-state index is 0.201. The molecular formula is C25H33NO5. The van der Waals surface area contributed by atoms with Crippen molar-refractivity contribution in [2.45, 2.75) is 52.2 Å². The number of esters is 1. The summed E-state index contributed by atoms with van der Waals surface area (Å²) in [5.74, 6) is -0.781. The molecule has 0 radical (unpaired) electrons. The van der Waals surface area contributed by atoms with Gasteiger partial charge in [0.1, 0.15) is 24.5 Å². The van der Waals surface area contributed by atoms with Gasteiger partial charge in [-0.25, -0.2) is 0 Å². The van der Waals surface area contributed by atoms with E-state index in [0.717, 1.165) is 24.2 Å². The van der Waals surface area contributed by atoms with Gasteiger partial charge in [-0.3, -0.25) is 14.5 Å². The van der Waals surface area contributed by atoms with Crippen LogP contribution in [0, 0.1) is 0 Å². The van der Waals surface area contributed by atoms with E-state index >= 15 is 0 Å². The molecule has 0 heterocycles. The van der Waals surface area contributed by atoms with Crippen molar-refractivity contribution < 1.29 is 24.2 Å². The summed E-state index contributed by atoms with van der Waals surface area (Å²) < 4.78 is 11.5. The fraction of sp³-hybridized carbons (Fsp3) is 0.440. The maximum Gasteiger partial charge on any atom is 0.324 e. The molecule has 0 aliphatic carbocycles. The molecule has 6 heteroatoms. The van der Waals surface area contributed by atoms with E-state index in [1.54, 1.807) is 11.8 Å². The number of carboxylic acid groups (broad SMARTS) is 1. The smallest absolute Gasteiger partial charge is 0.324 e. The number of carboxylic acids is 1. The van der Waals surface area contributed by atoms with Crippen LogP contribution in [-0.4, -0.2) is 53.8 Å². The zero-order valence-electron chi connectivity index (χ0n) is 18.6. The SMILES string of the molecule is CCN(CC)C(CC(=O)O)C(=O)OC(C)COc1ccccc1CCc1ccccc1.